The number of aliphatic hydroxyl groups is 1. The van der Waals surface area contributed by atoms with Gasteiger partial charge in [-0.2, -0.15) is 0 Å². The van der Waals surface area contributed by atoms with Crippen molar-refractivity contribution in [3.8, 4) is 0 Å². The molecule has 2 heteroatoms. The SMILES string of the molecule is CC(C)OCC(O)C1CC2CC2C1. The van der Waals surface area contributed by atoms with Gasteiger partial charge in [-0.3, -0.25) is 0 Å². The Labute approximate surface area is 80.3 Å². The van der Waals surface area contributed by atoms with Crippen LogP contribution in [0.4, 0.5) is 0 Å². The van der Waals surface area contributed by atoms with E-state index in [-0.39, 0.29) is 12.2 Å². The topological polar surface area (TPSA) is 29.5 Å². The first kappa shape index (κ1) is 9.47. The molecule has 0 spiro atoms. The van der Waals surface area contributed by atoms with Crippen LogP contribution in [0.2, 0.25) is 0 Å². The van der Waals surface area contributed by atoms with E-state index in [4.69, 9.17) is 4.74 Å². The maximum atomic E-state index is 9.81. The molecule has 0 bridgehead atoms. The minimum absolute atomic E-state index is 0.213. The number of hydrogen-bond acceptors (Lipinski definition) is 2. The third kappa shape index (κ3) is 2.23. The summed E-state index contributed by atoms with van der Waals surface area (Å²) < 4.78 is 5.42. The Morgan fingerprint density at radius 2 is 1.85 bits per heavy atom. The smallest absolute Gasteiger partial charge is 0.0802 e. The lowest BCUT2D eigenvalue weighted by Gasteiger charge is -2.20. The predicted molar refractivity (Wildman–Crippen MR) is 51.4 cm³/mol. The summed E-state index contributed by atoms with van der Waals surface area (Å²) in [6.45, 7) is 4.56. The monoisotopic (exact) mass is 184 g/mol. The van der Waals surface area contributed by atoms with Crippen molar-refractivity contribution < 1.29 is 9.84 Å². The van der Waals surface area contributed by atoms with Crippen LogP contribution >= 0.6 is 0 Å². The first-order chi connectivity index (χ1) is 6.16. The Hall–Kier alpha value is -0.0800. The summed E-state index contributed by atoms with van der Waals surface area (Å²) in [5.41, 5.74) is 0. The van der Waals surface area contributed by atoms with Crippen molar-refractivity contribution in [2.45, 2.75) is 45.3 Å². The molecule has 0 heterocycles. The zero-order valence-electron chi connectivity index (χ0n) is 8.57. The van der Waals surface area contributed by atoms with Gasteiger partial charge in [-0.1, -0.05) is 0 Å². The highest BCUT2D eigenvalue weighted by Crippen LogP contribution is 2.55. The molecule has 0 saturated heterocycles. The lowest BCUT2D eigenvalue weighted by atomic mass is 9.97. The normalized spacial score (nSPS) is 39.2. The van der Waals surface area contributed by atoms with E-state index in [9.17, 15) is 5.11 Å². The van der Waals surface area contributed by atoms with Crippen molar-refractivity contribution in [1.82, 2.24) is 0 Å². The first-order valence-electron chi connectivity index (χ1n) is 5.46. The molecule has 0 amide bonds. The van der Waals surface area contributed by atoms with Crippen LogP contribution in [0.1, 0.15) is 33.1 Å². The van der Waals surface area contributed by atoms with Gasteiger partial charge >= 0.3 is 0 Å². The minimum Gasteiger partial charge on any atom is -0.390 e. The summed E-state index contributed by atoms with van der Waals surface area (Å²) in [5, 5.41) is 9.81. The third-order valence-corrected chi connectivity index (χ3v) is 3.42. The van der Waals surface area contributed by atoms with Crippen molar-refractivity contribution in [3.05, 3.63) is 0 Å². The van der Waals surface area contributed by atoms with E-state index in [1.807, 2.05) is 13.8 Å². The van der Waals surface area contributed by atoms with Gasteiger partial charge in [-0.05, 0) is 50.9 Å². The molecule has 13 heavy (non-hydrogen) atoms. The average molecular weight is 184 g/mol. The Morgan fingerprint density at radius 1 is 1.23 bits per heavy atom. The van der Waals surface area contributed by atoms with Crippen LogP contribution in [0.25, 0.3) is 0 Å². The quantitative estimate of drug-likeness (QED) is 0.722. The van der Waals surface area contributed by atoms with Crippen molar-refractivity contribution >= 4 is 0 Å². The van der Waals surface area contributed by atoms with Crippen molar-refractivity contribution in [2.75, 3.05) is 6.61 Å². The molecule has 0 aliphatic heterocycles. The van der Waals surface area contributed by atoms with Crippen LogP contribution in [-0.4, -0.2) is 23.9 Å². The lowest BCUT2D eigenvalue weighted by molar-refractivity contribution is -0.0204. The molecule has 0 aromatic carbocycles. The van der Waals surface area contributed by atoms with Gasteiger partial charge in [0.2, 0.25) is 0 Å². The molecule has 2 rings (SSSR count). The molecule has 0 radical (unpaired) electrons. The van der Waals surface area contributed by atoms with Gasteiger partial charge in [0, 0.05) is 0 Å². The van der Waals surface area contributed by atoms with Crippen LogP contribution in [0.15, 0.2) is 0 Å². The molecular formula is C11H20O2. The summed E-state index contributed by atoms with van der Waals surface area (Å²) in [6, 6.07) is 0. The van der Waals surface area contributed by atoms with Gasteiger partial charge in [0.15, 0.2) is 0 Å². The van der Waals surface area contributed by atoms with E-state index in [0.717, 1.165) is 11.8 Å². The highest BCUT2D eigenvalue weighted by Gasteiger charge is 2.47. The maximum Gasteiger partial charge on any atom is 0.0802 e. The molecule has 76 valence electrons. The zero-order chi connectivity index (χ0) is 9.42. The fourth-order valence-electron chi connectivity index (χ4n) is 2.50. The molecular weight excluding hydrogens is 164 g/mol. The lowest BCUT2D eigenvalue weighted by Crippen LogP contribution is -2.26. The molecule has 0 aromatic rings. The van der Waals surface area contributed by atoms with E-state index in [0.29, 0.717) is 12.5 Å². The fourth-order valence-corrected chi connectivity index (χ4v) is 2.50. The third-order valence-electron chi connectivity index (χ3n) is 3.42. The second-order valence-corrected chi connectivity index (χ2v) is 4.94. The van der Waals surface area contributed by atoms with Crippen LogP contribution in [0.5, 0.6) is 0 Å². The summed E-state index contributed by atoms with van der Waals surface area (Å²) in [5.74, 6) is 2.44. The van der Waals surface area contributed by atoms with Crippen molar-refractivity contribution in [2.24, 2.45) is 17.8 Å². The largest absolute Gasteiger partial charge is 0.390 e. The molecule has 2 aliphatic carbocycles. The second kappa shape index (κ2) is 3.58. The highest BCUT2D eigenvalue weighted by molar-refractivity contribution is 4.97. The molecule has 2 nitrogen and oxygen atoms in total. The van der Waals surface area contributed by atoms with Crippen molar-refractivity contribution in [1.29, 1.82) is 0 Å². The van der Waals surface area contributed by atoms with Crippen molar-refractivity contribution in [3.63, 3.8) is 0 Å². The first-order valence-corrected chi connectivity index (χ1v) is 5.46. The minimum atomic E-state index is -0.213. The molecule has 2 saturated carbocycles. The number of rotatable bonds is 4. The Kier molecular flexibility index (Phi) is 2.61. The van der Waals surface area contributed by atoms with Crippen LogP contribution < -0.4 is 0 Å². The van der Waals surface area contributed by atoms with E-state index in [2.05, 4.69) is 0 Å². The molecule has 2 fully saturated rings. The molecule has 3 atom stereocenters. The standard InChI is InChI=1S/C11H20O2/c1-7(2)13-6-11(12)10-4-8-3-9(8)5-10/h7-12H,3-6H2,1-2H3. The Morgan fingerprint density at radius 3 is 2.38 bits per heavy atom. The predicted octanol–water partition coefficient (Wildman–Crippen LogP) is 1.82. The van der Waals surface area contributed by atoms with Gasteiger partial charge in [-0.25, -0.2) is 0 Å². The van der Waals surface area contributed by atoms with Gasteiger partial charge in [0.25, 0.3) is 0 Å². The molecule has 0 aromatic heterocycles. The summed E-state index contributed by atoms with van der Waals surface area (Å²) in [4.78, 5) is 0. The van der Waals surface area contributed by atoms with Gasteiger partial charge < -0.3 is 9.84 Å². The van der Waals surface area contributed by atoms with E-state index >= 15 is 0 Å². The van der Waals surface area contributed by atoms with E-state index in [1.165, 1.54) is 19.3 Å². The number of hydrogen-bond donors (Lipinski definition) is 1. The zero-order valence-corrected chi connectivity index (χ0v) is 8.57. The molecule has 2 aliphatic rings. The number of aliphatic hydroxyl groups excluding tert-OH is 1. The van der Waals surface area contributed by atoms with Gasteiger partial charge in [0.1, 0.15) is 0 Å². The number of fused-ring (bicyclic) bond motifs is 1. The fraction of sp³-hybridized carbons (Fsp3) is 1.00. The second-order valence-electron chi connectivity index (χ2n) is 4.94. The summed E-state index contributed by atoms with van der Waals surface area (Å²) in [7, 11) is 0. The summed E-state index contributed by atoms with van der Waals surface area (Å²) >= 11 is 0. The van der Waals surface area contributed by atoms with Crippen LogP contribution in [-0.2, 0) is 4.74 Å². The molecule has 1 N–H and O–H groups in total. The number of ether oxygens (including phenoxy) is 1. The van der Waals surface area contributed by atoms with Gasteiger partial charge in [0.05, 0.1) is 18.8 Å². The van der Waals surface area contributed by atoms with Crippen LogP contribution in [0, 0.1) is 17.8 Å². The maximum absolute atomic E-state index is 9.81. The Balaban J connectivity index is 1.68. The van der Waals surface area contributed by atoms with Gasteiger partial charge in [-0.15, -0.1) is 0 Å². The summed E-state index contributed by atoms with van der Waals surface area (Å²) in [6.07, 6.45) is 3.94. The van der Waals surface area contributed by atoms with Crippen LogP contribution in [0.3, 0.4) is 0 Å². The molecule has 3 unspecified atom stereocenters. The van der Waals surface area contributed by atoms with E-state index < -0.39 is 0 Å². The highest BCUT2D eigenvalue weighted by atomic mass is 16.5. The Bertz CT molecular complexity index is 169. The average Bonchev–Trinajstić information content (AvgIpc) is 2.69. The van der Waals surface area contributed by atoms with E-state index in [1.54, 1.807) is 0 Å².